The lowest BCUT2D eigenvalue weighted by molar-refractivity contribution is 0.422. The zero-order valence-corrected chi connectivity index (χ0v) is 17.5. The van der Waals surface area contributed by atoms with Crippen molar-refractivity contribution in [3.63, 3.8) is 0 Å². The van der Waals surface area contributed by atoms with Gasteiger partial charge in [0.15, 0.2) is 11.7 Å². The largest absolute Gasteiger partial charge is 0.356 e. The minimum absolute atomic E-state index is 0. The summed E-state index contributed by atoms with van der Waals surface area (Å²) in [6.45, 7) is 1.48. The molecule has 1 aliphatic rings. The molecule has 0 radical (unpaired) electrons. The van der Waals surface area contributed by atoms with Crippen molar-refractivity contribution in [3.05, 3.63) is 53.7 Å². The lowest BCUT2D eigenvalue weighted by Crippen LogP contribution is -2.37. The molecule has 3 rings (SSSR count). The molecular formula is C20H27IN4O. The smallest absolute Gasteiger partial charge is 0.191 e. The van der Waals surface area contributed by atoms with E-state index in [9.17, 15) is 0 Å². The fraction of sp³-hybridized carbons (Fsp3) is 0.400. The van der Waals surface area contributed by atoms with Crippen LogP contribution in [0.3, 0.4) is 0 Å². The van der Waals surface area contributed by atoms with Gasteiger partial charge in [-0.2, -0.15) is 0 Å². The molecule has 0 aliphatic heterocycles. The molecule has 1 aromatic carbocycles. The molecule has 140 valence electrons. The van der Waals surface area contributed by atoms with Crippen molar-refractivity contribution in [3.8, 4) is 11.3 Å². The zero-order valence-electron chi connectivity index (χ0n) is 15.2. The minimum Gasteiger partial charge on any atom is -0.356 e. The Labute approximate surface area is 172 Å². The van der Waals surface area contributed by atoms with Crippen LogP contribution in [0.4, 0.5) is 0 Å². The number of allylic oxidation sites excluding steroid dienone is 1. The number of hydrogen-bond acceptors (Lipinski definition) is 3. The third-order valence-electron chi connectivity index (χ3n) is 4.40. The first-order valence-corrected chi connectivity index (χ1v) is 8.98. The molecule has 0 amide bonds. The van der Waals surface area contributed by atoms with Gasteiger partial charge in [-0.05, 0) is 32.1 Å². The van der Waals surface area contributed by atoms with E-state index in [0.717, 1.165) is 35.9 Å². The Morgan fingerprint density at radius 3 is 2.77 bits per heavy atom. The fourth-order valence-corrected chi connectivity index (χ4v) is 3.00. The van der Waals surface area contributed by atoms with Crippen LogP contribution in [0.25, 0.3) is 11.3 Å². The van der Waals surface area contributed by atoms with E-state index in [-0.39, 0.29) is 24.0 Å². The third kappa shape index (κ3) is 6.16. The number of aromatic nitrogens is 1. The standard InChI is InChI=1S/C20H26N4O.HI/c1-21-20(22-13-12-16-8-4-2-5-9-16)23-15-18-14-19(25-24-18)17-10-6-3-7-11-17;/h3,6-8,10-11,14H,2,4-5,9,12-13,15H2,1H3,(H2,21,22,23);1H. The molecule has 1 aromatic heterocycles. The summed E-state index contributed by atoms with van der Waals surface area (Å²) in [6.07, 6.45) is 8.62. The van der Waals surface area contributed by atoms with Crippen LogP contribution >= 0.6 is 24.0 Å². The van der Waals surface area contributed by atoms with Crippen molar-refractivity contribution in [1.29, 1.82) is 0 Å². The van der Waals surface area contributed by atoms with Crippen molar-refractivity contribution in [2.45, 2.75) is 38.6 Å². The van der Waals surface area contributed by atoms with Crippen LogP contribution in [0.5, 0.6) is 0 Å². The number of guanidine groups is 1. The van der Waals surface area contributed by atoms with Gasteiger partial charge >= 0.3 is 0 Å². The summed E-state index contributed by atoms with van der Waals surface area (Å²) < 4.78 is 5.42. The third-order valence-corrected chi connectivity index (χ3v) is 4.40. The van der Waals surface area contributed by atoms with Crippen LogP contribution in [0.1, 0.15) is 37.8 Å². The first-order chi connectivity index (χ1) is 12.3. The molecule has 0 unspecified atom stereocenters. The van der Waals surface area contributed by atoms with Crippen LogP contribution < -0.4 is 10.6 Å². The van der Waals surface area contributed by atoms with E-state index in [0.29, 0.717) is 6.54 Å². The van der Waals surface area contributed by atoms with E-state index in [4.69, 9.17) is 4.52 Å². The van der Waals surface area contributed by atoms with Gasteiger partial charge in [-0.15, -0.1) is 24.0 Å². The Hall–Kier alpha value is -1.83. The molecule has 0 spiro atoms. The average molecular weight is 466 g/mol. The normalized spacial score (nSPS) is 14.3. The van der Waals surface area contributed by atoms with E-state index < -0.39 is 0 Å². The van der Waals surface area contributed by atoms with Crippen LogP contribution in [0.2, 0.25) is 0 Å². The van der Waals surface area contributed by atoms with Gasteiger partial charge in [0.2, 0.25) is 0 Å². The Bertz CT molecular complexity index is 724. The number of rotatable bonds is 6. The highest BCUT2D eigenvalue weighted by Gasteiger charge is 2.08. The fourth-order valence-electron chi connectivity index (χ4n) is 3.00. The number of nitrogens with one attached hydrogen (secondary N) is 2. The van der Waals surface area contributed by atoms with Gasteiger partial charge in [0, 0.05) is 25.2 Å². The minimum atomic E-state index is 0. The second-order valence-electron chi connectivity index (χ2n) is 6.26. The average Bonchev–Trinajstić information content (AvgIpc) is 3.15. The molecule has 0 atom stereocenters. The highest BCUT2D eigenvalue weighted by atomic mass is 127. The van der Waals surface area contributed by atoms with Gasteiger partial charge < -0.3 is 15.2 Å². The topological polar surface area (TPSA) is 62.5 Å². The van der Waals surface area contributed by atoms with Crippen LogP contribution in [-0.2, 0) is 6.54 Å². The number of benzene rings is 1. The first-order valence-electron chi connectivity index (χ1n) is 8.98. The number of aliphatic imine (C=N–C) groups is 1. The molecule has 5 nitrogen and oxygen atoms in total. The molecule has 1 heterocycles. The summed E-state index contributed by atoms with van der Waals surface area (Å²) in [4.78, 5) is 4.27. The van der Waals surface area contributed by atoms with Gasteiger partial charge in [-0.3, -0.25) is 4.99 Å². The summed E-state index contributed by atoms with van der Waals surface area (Å²) in [5.41, 5.74) is 3.46. The summed E-state index contributed by atoms with van der Waals surface area (Å²) >= 11 is 0. The maximum atomic E-state index is 5.42. The second-order valence-corrected chi connectivity index (χ2v) is 6.26. The van der Waals surface area contributed by atoms with E-state index in [2.05, 4.69) is 26.9 Å². The monoisotopic (exact) mass is 466 g/mol. The van der Waals surface area contributed by atoms with E-state index in [1.807, 2.05) is 36.4 Å². The first kappa shape index (κ1) is 20.5. The van der Waals surface area contributed by atoms with Gasteiger partial charge in [0.05, 0.1) is 6.54 Å². The van der Waals surface area contributed by atoms with E-state index in [1.165, 1.54) is 25.7 Å². The SMILES string of the molecule is CN=C(NCCC1=CCCCC1)NCc1cc(-c2ccccc2)on1.I. The highest BCUT2D eigenvalue weighted by molar-refractivity contribution is 14.0. The summed E-state index contributed by atoms with van der Waals surface area (Å²) in [5.74, 6) is 1.57. The van der Waals surface area contributed by atoms with Gasteiger partial charge in [-0.1, -0.05) is 47.1 Å². The van der Waals surface area contributed by atoms with Gasteiger partial charge in [0.25, 0.3) is 0 Å². The van der Waals surface area contributed by atoms with Crippen LogP contribution in [0.15, 0.2) is 57.6 Å². The van der Waals surface area contributed by atoms with Crippen LogP contribution in [-0.4, -0.2) is 24.7 Å². The lowest BCUT2D eigenvalue weighted by atomic mass is 9.97. The predicted octanol–water partition coefficient (Wildman–Crippen LogP) is 4.52. The predicted molar refractivity (Wildman–Crippen MR) is 117 cm³/mol. The number of halogens is 1. The molecule has 0 fully saturated rings. The molecule has 0 saturated carbocycles. The van der Waals surface area contributed by atoms with E-state index >= 15 is 0 Å². The summed E-state index contributed by atoms with van der Waals surface area (Å²) in [5, 5.41) is 10.8. The molecule has 2 aromatic rings. The van der Waals surface area contributed by atoms with Crippen molar-refractivity contribution < 1.29 is 4.52 Å². The quantitative estimate of drug-likeness (QED) is 0.285. The van der Waals surface area contributed by atoms with Crippen molar-refractivity contribution >= 4 is 29.9 Å². The second kappa shape index (κ2) is 11.0. The Balaban J connectivity index is 0.00000243. The van der Waals surface area contributed by atoms with Crippen molar-refractivity contribution in [2.75, 3.05) is 13.6 Å². The van der Waals surface area contributed by atoms with E-state index in [1.54, 1.807) is 12.6 Å². The Kier molecular flexibility index (Phi) is 8.67. The molecule has 6 heteroatoms. The van der Waals surface area contributed by atoms with Gasteiger partial charge in [-0.25, -0.2) is 0 Å². The van der Waals surface area contributed by atoms with Crippen molar-refractivity contribution in [1.82, 2.24) is 15.8 Å². The molecule has 0 saturated heterocycles. The number of hydrogen-bond donors (Lipinski definition) is 2. The highest BCUT2D eigenvalue weighted by Crippen LogP contribution is 2.20. The zero-order chi connectivity index (χ0) is 17.3. The Morgan fingerprint density at radius 2 is 2.04 bits per heavy atom. The molecule has 1 aliphatic carbocycles. The summed E-state index contributed by atoms with van der Waals surface area (Å²) in [7, 11) is 1.79. The molecule has 26 heavy (non-hydrogen) atoms. The molecular weight excluding hydrogens is 439 g/mol. The summed E-state index contributed by atoms with van der Waals surface area (Å²) in [6, 6.07) is 12.0. The van der Waals surface area contributed by atoms with Crippen LogP contribution in [0, 0.1) is 0 Å². The lowest BCUT2D eigenvalue weighted by Gasteiger charge is -2.14. The van der Waals surface area contributed by atoms with Crippen molar-refractivity contribution in [2.24, 2.45) is 4.99 Å². The molecule has 2 N–H and O–H groups in total. The molecule has 0 bridgehead atoms. The Morgan fingerprint density at radius 1 is 1.19 bits per heavy atom. The number of nitrogens with zero attached hydrogens (tertiary/aromatic N) is 2. The maximum absolute atomic E-state index is 5.42. The maximum Gasteiger partial charge on any atom is 0.191 e. The van der Waals surface area contributed by atoms with Gasteiger partial charge in [0.1, 0.15) is 5.69 Å².